The molecule has 0 aromatic heterocycles. The molecule has 1 unspecified atom stereocenters. The Morgan fingerprint density at radius 3 is 2.32 bits per heavy atom. The van der Waals surface area contributed by atoms with Gasteiger partial charge >= 0.3 is 0 Å². The first-order valence-electron chi connectivity index (χ1n) is 6.63. The van der Waals surface area contributed by atoms with E-state index in [1.54, 1.807) is 7.11 Å². The summed E-state index contributed by atoms with van der Waals surface area (Å²) in [6, 6.07) is 0.0997. The predicted molar refractivity (Wildman–Crippen MR) is 80.1 cm³/mol. The predicted octanol–water partition coefficient (Wildman–Crippen LogP) is 0.620. The Bertz CT molecular complexity index is 339. The zero-order valence-electron chi connectivity index (χ0n) is 12.3. The third-order valence-electron chi connectivity index (χ3n) is 3.76. The molecule has 19 heavy (non-hydrogen) atoms. The van der Waals surface area contributed by atoms with Crippen LogP contribution in [0, 0.1) is 0 Å². The van der Waals surface area contributed by atoms with Gasteiger partial charge in [0.15, 0.2) is 0 Å². The van der Waals surface area contributed by atoms with Crippen molar-refractivity contribution in [3.05, 3.63) is 0 Å². The molecular weight excluding hydrogens is 262 g/mol. The minimum absolute atomic E-state index is 0.0997. The van der Waals surface area contributed by atoms with Crippen LogP contribution >= 0.6 is 12.2 Å². The number of nitrogens with two attached hydrogens (primary N) is 1. The van der Waals surface area contributed by atoms with E-state index in [0.29, 0.717) is 11.4 Å². The van der Waals surface area contributed by atoms with Gasteiger partial charge in [-0.1, -0.05) is 12.2 Å². The van der Waals surface area contributed by atoms with Crippen LogP contribution in [-0.4, -0.2) is 65.6 Å². The highest BCUT2D eigenvalue weighted by atomic mass is 32.1. The number of carbonyl (C=O) groups excluding carboxylic acids is 1. The van der Waals surface area contributed by atoms with E-state index in [9.17, 15) is 4.79 Å². The number of rotatable bonds is 5. The van der Waals surface area contributed by atoms with Gasteiger partial charge in [-0.05, 0) is 20.8 Å². The molecule has 110 valence electrons. The zero-order chi connectivity index (χ0) is 14.6. The summed E-state index contributed by atoms with van der Waals surface area (Å²) in [5.41, 5.74) is 5.25. The van der Waals surface area contributed by atoms with Crippen LogP contribution in [0.4, 0.5) is 0 Å². The van der Waals surface area contributed by atoms with Gasteiger partial charge in [-0.15, -0.1) is 0 Å². The normalized spacial score (nSPS) is 19.3. The molecule has 2 N–H and O–H groups in total. The van der Waals surface area contributed by atoms with Gasteiger partial charge in [0.05, 0.1) is 23.1 Å². The van der Waals surface area contributed by atoms with E-state index >= 15 is 0 Å². The van der Waals surface area contributed by atoms with Gasteiger partial charge in [0.2, 0.25) is 5.91 Å². The lowest BCUT2D eigenvalue weighted by molar-refractivity contribution is -0.138. The molecule has 0 aliphatic carbocycles. The van der Waals surface area contributed by atoms with Gasteiger partial charge in [0.1, 0.15) is 0 Å². The molecular formula is C13H25N3O2S. The highest BCUT2D eigenvalue weighted by Crippen LogP contribution is 2.16. The minimum Gasteiger partial charge on any atom is -0.392 e. The molecule has 1 fully saturated rings. The molecule has 0 spiro atoms. The molecule has 0 saturated carbocycles. The Balaban J connectivity index is 2.46. The van der Waals surface area contributed by atoms with Gasteiger partial charge in [0, 0.05) is 33.3 Å². The average Bonchev–Trinajstić information content (AvgIpc) is 2.37. The smallest absolute Gasteiger partial charge is 0.225 e. The maximum Gasteiger partial charge on any atom is 0.225 e. The van der Waals surface area contributed by atoms with Crippen molar-refractivity contribution in [1.82, 2.24) is 9.80 Å². The van der Waals surface area contributed by atoms with Crippen LogP contribution in [0.1, 0.15) is 27.2 Å². The van der Waals surface area contributed by atoms with Gasteiger partial charge in [-0.3, -0.25) is 9.69 Å². The molecule has 1 aliphatic rings. The van der Waals surface area contributed by atoms with E-state index in [4.69, 9.17) is 22.7 Å². The Labute approximate surface area is 121 Å². The van der Waals surface area contributed by atoms with Gasteiger partial charge in [-0.25, -0.2) is 0 Å². The molecule has 0 aromatic rings. The summed E-state index contributed by atoms with van der Waals surface area (Å²) in [4.78, 5) is 16.8. The quantitative estimate of drug-likeness (QED) is 0.751. The van der Waals surface area contributed by atoms with Gasteiger partial charge in [-0.2, -0.15) is 0 Å². The lowest BCUT2D eigenvalue weighted by Gasteiger charge is -2.38. The number of carbonyl (C=O) groups is 1. The fourth-order valence-electron chi connectivity index (χ4n) is 2.09. The fraction of sp³-hybridized carbons (Fsp3) is 0.846. The van der Waals surface area contributed by atoms with Crippen molar-refractivity contribution in [2.24, 2.45) is 5.73 Å². The SMILES string of the molecule is COC(C)(C)CC(=O)N1CCN(C(C)C(N)=S)CC1. The number of amides is 1. The van der Waals surface area contributed by atoms with E-state index < -0.39 is 5.60 Å². The molecule has 0 radical (unpaired) electrons. The Kier molecular flexibility index (Phi) is 5.70. The summed E-state index contributed by atoms with van der Waals surface area (Å²) in [6.07, 6.45) is 0.411. The first kappa shape index (κ1) is 16.3. The topological polar surface area (TPSA) is 58.8 Å². The first-order valence-corrected chi connectivity index (χ1v) is 7.04. The van der Waals surface area contributed by atoms with E-state index in [-0.39, 0.29) is 11.9 Å². The fourth-order valence-corrected chi connectivity index (χ4v) is 2.24. The van der Waals surface area contributed by atoms with Crippen LogP contribution in [0.15, 0.2) is 0 Å². The molecule has 0 aromatic carbocycles. The Hall–Kier alpha value is -0.720. The lowest BCUT2D eigenvalue weighted by Crippen LogP contribution is -2.54. The van der Waals surface area contributed by atoms with Crippen molar-refractivity contribution in [1.29, 1.82) is 0 Å². The van der Waals surface area contributed by atoms with Crippen LogP contribution in [-0.2, 0) is 9.53 Å². The number of hydrogen-bond acceptors (Lipinski definition) is 4. The van der Waals surface area contributed by atoms with Crippen molar-refractivity contribution < 1.29 is 9.53 Å². The third-order valence-corrected chi connectivity index (χ3v) is 4.10. The second-order valence-electron chi connectivity index (χ2n) is 5.64. The zero-order valence-corrected chi connectivity index (χ0v) is 13.1. The van der Waals surface area contributed by atoms with Crippen molar-refractivity contribution in [3.63, 3.8) is 0 Å². The number of methoxy groups -OCH3 is 1. The summed E-state index contributed by atoms with van der Waals surface area (Å²) in [5.74, 6) is 0.148. The third kappa shape index (κ3) is 4.71. The van der Waals surface area contributed by atoms with E-state index in [0.717, 1.165) is 26.2 Å². The molecule has 0 bridgehead atoms. The van der Waals surface area contributed by atoms with E-state index in [2.05, 4.69) is 4.90 Å². The van der Waals surface area contributed by atoms with Crippen molar-refractivity contribution >= 4 is 23.1 Å². The average molecular weight is 287 g/mol. The molecule has 1 amide bonds. The molecule has 1 heterocycles. The summed E-state index contributed by atoms with van der Waals surface area (Å²) in [5, 5.41) is 0. The van der Waals surface area contributed by atoms with E-state index in [1.165, 1.54) is 0 Å². The molecule has 1 saturated heterocycles. The largest absolute Gasteiger partial charge is 0.392 e. The summed E-state index contributed by atoms with van der Waals surface area (Å²) in [6.45, 7) is 8.95. The van der Waals surface area contributed by atoms with Gasteiger partial charge in [0.25, 0.3) is 0 Å². The van der Waals surface area contributed by atoms with Crippen molar-refractivity contribution in [2.45, 2.75) is 38.8 Å². The second-order valence-corrected chi connectivity index (χ2v) is 6.11. The Morgan fingerprint density at radius 2 is 1.89 bits per heavy atom. The molecule has 1 atom stereocenters. The van der Waals surface area contributed by atoms with Crippen LogP contribution in [0.3, 0.4) is 0 Å². The highest BCUT2D eigenvalue weighted by molar-refractivity contribution is 7.80. The summed E-state index contributed by atoms with van der Waals surface area (Å²) < 4.78 is 5.30. The van der Waals surface area contributed by atoms with Crippen LogP contribution < -0.4 is 5.73 Å². The van der Waals surface area contributed by atoms with Gasteiger partial charge < -0.3 is 15.4 Å². The first-order chi connectivity index (χ1) is 8.76. The second kappa shape index (κ2) is 6.63. The van der Waals surface area contributed by atoms with Crippen LogP contribution in [0.2, 0.25) is 0 Å². The number of nitrogens with zero attached hydrogens (tertiary/aromatic N) is 2. The van der Waals surface area contributed by atoms with Crippen molar-refractivity contribution in [3.8, 4) is 0 Å². The number of hydrogen-bond donors (Lipinski definition) is 1. The maximum atomic E-state index is 12.2. The molecule has 5 nitrogen and oxygen atoms in total. The molecule has 6 heteroatoms. The van der Waals surface area contributed by atoms with Crippen molar-refractivity contribution in [2.75, 3.05) is 33.3 Å². The maximum absolute atomic E-state index is 12.2. The summed E-state index contributed by atoms with van der Waals surface area (Å²) >= 11 is 5.01. The highest BCUT2D eigenvalue weighted by Gasteiger charge is 2.28. The Morgan fingerprint density at radius 1 is 1.37 bits per heavy atom. The molecule has 1 aliphatic heterocycles. The number of ether oxygens (including phenoxy) is 1. The lowest BCUT2D eigenvalue weighted by atomic mass is 10.0. The minimum atomic E-state index is -0.402. The number of thiocarbonyl (C=S) groups is 1. The van der Waals surface area contributed by atoms with Crippen LogP contribution in [0.25, 0.3) is 0 Å². The standard InChI is InChI=1S/C13H25N3O2S/c1-10(12(14)19)15-5-7-16(8-6-15)11(17)9-13(2,3)18-4/h10H,5-9H2,1-4H3,(H2,14,19). The van der Waals surface area contributed by atoms with E-state index in [1.807, 2.05) is 25.7 Å². The monoisotopic (exact) mass is 287 g/mol. The summed E-state index contributed by atoms with van der Waals surface area (Å²) in [7, 11) is 1.63. The molecule has 1 rings (SSSR count). The van der Waals surface area contributed by atoms with Crippen LogP contribution in [0.5, 0.6) is 0 Å². The number of piperazine rings is 1.